The molecule has 86 valence electrons. The Hall–Kier alpha value is -1.38. The molecule has 0 aliphatic heterocycles. The first-order valence-electron chi connectivity index (χ1n) is 5.96. The van der Waals surface area contributed by atoms with E-state index in [0.717, 1.165) is 30.3 Å². The third kappa shape index (κ3) is 2.60. The van der Waals surface area contributed by atoms with Crippen LogP contribution in [0.15, 0.2) is 18.2 Å². The van der Waals surface area contributed by atoms with Crippen LogP contribution in [-0.2, 0) is 6.54 Å². The first-order chi connectivity index (χ1) is 7.70. The van der Waals surface area contributed by atoms with Gasteiger partial charge in [0.1, 0.15) is 0 Å². The quantitative estimate of drug-likeness (QED) is 0.622. The van der Waals surface area contributed by atoms with Crippen molar-refractivity contribution in [2.75, 3.05) is 6.54 Å². The Labute approximate surface area is 97.0 Å². The maximum atomic E-state index is 8.06. The second-order valence-electron chi connectivity index (χ2n) is 4.44. The molecule has 1 aromatic heterocycles. The maximum absolute atomic E-state index is 8.06. The molecule has 0 aromatic carbocycles. The highest BCUT2D eigenvalue weighted by Crippen LogP contribution is 2.31. The summed E-state index contributed by atoms with van der Waals surface area (Å²) in [4.78, 5) is 6.61. The zero-order valence-electron chi connectivity index (χ0n) is 10.0. The molecular weight excluding hydrogens is 198 g/mol. The van der Waals surface area contributed by atoms with Crippen molar-refractivity contribution in [1.29, 1.82) is 5.41 Å². The van der Waals surface area contributed by atoms with Crippen molar-refractivity contribution in [1.82, 2.24) is 9.88 Å². The summed E-state index contributed by atoms with van der Waals surface area (Å²) in [5.41, 5.74) is 2.11. The largest absolute Gasteiger partial charge is 0.355 e. The normalized spacial score (nSPS) is 14.9. The molecule has 1 saturated carbocycles. The third-order valence-corrected chi connectivity index (χ3v) is 2.99. The molecule has 0 spiro atoms. The Morgan fingerprint density at radius 3 is 2.81 bits per heavy atom. The van der Waals surface area contributed by atoms with Gasteiger partial charge in [0.15, 0.2) is 0 Å². The highest BCUT2D eigenvalue weighted by molar-refractivity contribution is 5.83. The SMILES string of the molecule is CCN(Cc1cccc(C)n1)C(=N)C1CC1. The lowest BCUT2D eigenvalue weighted by Gasteiger charge is -2.23. The Bertz CT molecular complexity index is 383. The topological polar surface area (TPSA) is 40.0 Å². The molecule has 0 unspecified atom stereocenters. The van der Waals surface area contributed by atoms with Gasteiger partial charge in [-0.2, -0.15) is 0 Å². The van der Waals surface area contributed by atoms with Gasteiger partial charge in [-0.15, -0.1) is 0 Å². The predicted molar refractivity (Wildman–Crippen MR) is 65.5 cm³/mol. The number of amidine groups is 1. The summed E-state index contributed by atoms with van der Waals surface area (Å²) < 4.78 is 0. The minimum Gasteiger partial charge on any atom is -0.355 e. The van der Waals surface area contributed by atoms with Crippen molar-refractivity contribution in [2.45, 2.75) is 33.2 Å². The Kier molecular flexibility index (Phi) is 3.22. The van der Waals surface area contributed by atoms with E-state index in [-0.39, 0.29) is 0 Å². The van der Waals surface area contributed by atoms with Gasteiger partial charge in [0, 0.05) is 18.2 Å². The lowest BCUT2D eigenvalue weighted by atomic mass is 10.2. The van der Waals surface area contributed by atoms with Gasteiger partial charge in [0.05, 0.1) is 18.1 Å². The number of nitrogens with zero attached hydrogens (tertiary/aromatic N) is 2. The second-order valence-corrected chi connectivity index (χ2v) is 4.44. The standard InChI is InChI=1S/C13H19N3/c1-3-16(13(14)11-7-8-11)9-12-6-4-5-10(2)15-12/h4-6,11,14H,3,7-9H2,1-2H3. The summed E-state index contributed by atoms with van der Waals surface area (Å²) in [5, 5.41) is 8.06. The van der Waals surface area contributed by atoms with Gasteiger partial charge in [-0.25, -0.2) is 0 Å². The zero-order valence-corrected chi connectivity index (χ0v) is 10.0. The molecule has 1 aliphatic carbocycles. The van der Waals surface area contributed by atoms with Gasteiger partial charge in [0.25, 0.3) is 0 Å². The fourth-order valence-electron chi connectivity index (χ4n) is 1.87. The van der Waals surface area contributed by atoms with E-state index in [1.807, 2.05) is 25.1 Å². The maximum Gasteiger partial charge on any atom is 0.0992 e. The molecule has 0 atom stereocenters. The summed E-state index contributed by atoms with van der Waals surface area (Å²) in [6, 6.07) is 6.08. The van der Waals surface area contributed by atoms with Gasteiger partial charge in [-0.3, -0.25) is 10.4 Å². The summed E-state index contributed by atoms with van der Waals surface area (Å²) >= 11 is 0. The molecule has 16 heavy (non-hydrogen) atoms. The third-order valence-electron chi connectivity index (χ3n) is 2.99. The fraction of sp³-hybridized carbons (Fsp3) is 0.538. The first-order valence-corrected chi connectivity index (χ1v) is 5.96. The van der Waals surface area contributed by atoms with Crippen molar-refractivity contribution in [3.05, 3.63) is 29.6 Å². The van der Waals surface area contributed by atoms with Crippen LogP contribution in [0.3, 0.4) is 0 Å². The number of hydrogen-bond acceptors (Lipinski definition) is 2. The summed E-state index contributed by atoms with van der Waals surface area (Å²) in [6.45, 7) is 5.77. The van der Waals surface area contributed by atoms with Gasteiger partial charge >= 0.3 is 0 Å². The van der Waals surface area contributed by atoms with Crippen LogP contribution in [0.25, 0.3) is 0 Å². The van der Waals surface area contributed by atoms with Gasteiger partial charge in [-0.1, -0.05) is 6.07 Å². The molecule has 2 rings (SSSR count). The number of aromatic nitrogens is 1. The van der Waals surface area contributed by atoms with E-state index in [0.29, 0.717) is 5.92 Å². The van der Waals surface area contributed by atoms with Crippen molar-refractivity contribution >= 4 is 5.84 Å². The molecule has 3 nitrogen and oxygen atoms in total. The number of hydrogen-bond donors (Lipinski definition) is 1. The number of nitrogens with one attached hydrogen (secondary N) is 1. The van der Waals surface area contributed by atoms with Crippen LogP contribution in [0.1, 0.15) is 31.2 Å². The molecule has 0 radical (unpaired) electrons. The van der Waals surface area contributed by atoms with Crippen LogP contribution in [-0.4, -0.2) is 22.3 Å². The van der Waals surface area contributed by atoms with E-state index in [2.05, 4.69) is 16.8 Å². The molecular formula is C13H19N3. The van der Waals surface area contributed by atoms with Crippen LogP contribution in [0.4, 0.5) is 0 Å². The molecule has 0 saturated heterocycles. The number of pyridine rings is 1. The summed E-state index contributed by atoms with van der Waals surface area (Å²) in [5.74, 6) is 1.32. The van der Waals surface area contributed by atoms with Crippen molar-refractivity contribution in [3.63, 3.8) is 0 Å². The number of rotatable bonds is 4. The average molecular weight is 217 g/mol. The van der Waals surface area contributed by atoms with Crippen LogP contribution >= 0.6 is 0 Å². The Morgan fingerprint density at radius 1 is 1.50 bits per heavy atom. The first kappa shape index (κ1) is 11.1. The van der Waals surface area contributed by atoms with Gasteiger partial charge in [-0.05, 0) is 38.8 Å². The molecule has 1 N–H and O–H groups in total. The Morgan fingerprint density at radius 2 is 2.25 bits per heavy atom. The molecule has 3 heteroatoms. The monoisotopic (exact) mass is 217 g/mol. The second kappa shape index (κ2) is 4.64. The van der Waals surface area contributed by atoms with Crippen LogP contribution in [0.2, 0.25) is 0 Å². The predicted octanol–water partition coefficient (Wildman–Crippen LogP) is 2.60. The molecule has 1 fully saturated rings. The lowest BCUT2D eigenvalue weighted by Crippen LogP contribution is -2.31. The fourth-order valence-corrected chi connectivity index (χ4v) is 1.87. The minimum atomic E-state index is 0.518. The molecule has 0 bridgehead atoms. The van der Waals surface area contributed by atoms with Crippen molar-refractivity contribution in [2.24, 2.45) is 5.92 Å². The average Bonchev–Trinajstić information content (AvgIpc) is 3.09. The van der Waals surface area contributed by atoms with Gasteiger partial charge in [0.2, 0.25) is 0 Å². The van der Waals surface area contributed by atoms with E-state index in [1.165, 1.54) is 12.8 Å². The van der Waals surface area contributed by atoms with E-state index in [9.17, 15) is 0 Å². The van der Waals surface area contributed by atoms with Gasteiger partial charge < -0.3 is 4.90 Å². The highest BCUT2D eigenvalue weighted by atomic mass is 15.2. The van der Waals surface area contributed by atoms with Crippen molar-refractivity contribution in [3.8, 4) is 0 Å². The molecule has 1 heterocycles. The van der Waals surface area contributed by atoms with Crippen LogP contribution in [0.5, 0.6) is 0 Å². The van der Waals surface area contributed by atoms with E-state index in [1.54, 1.807) is 0 Å². The molecule has 1 aliphatic rings. The zero-order chi connectivity index (χ0) is 11.5. The number of aryl methyl sites for hydroxylation is 1. The summed E-state index contributed by atoms with van der Waals surface area (Å²) in [7, 11) is 0. The van der Waals surface area contributed by atoms with Crippen LogP contribution in [0, 0.1) is 18.3 Å². The van der Waals surface area contributed by atoms with E-state index < -0.39 is 0 Å². The van der Waals surface area contributed by atoms with E-state index in [4.69, 9.17) is 5.41 Å². The highest BCUT2D eigenvalue weighted by Gasteiger charge is 2.29. The Balaban J connectivity index is 2.03. The van der Waals surface area contributed by atoms with Crippen LogP contribution < -0.4 is 0 Å². The van der Waals surface area contributed by atoms with Crippen molar-refractivity contribution < 1.29 is 0 Å². The smallest absolute Gasteiger partial charge is 0.0992 e. The summed E-state index contributed by atoms with van der Waals surface area (Å²) in [6.07, 6.45) is 2.38. The minimum absolute atomic E-state index is 0.518. The molecule has 1 aromatic rings. The molecule has 0 amide bonds. The van der Waals surface area contributed by atoms with E-state index >= 15 is 0 Å². The lowest BCUT2D eigenvalue weighted by molar-refractivity contribution is 0.414.